The van der Waals surface area contributed by atoms with Crippen molar-refractivity contribution in [3.8, 4) is 0 Å². The minimum absolute atomic E-state index is 0.0236. The number of carbonyl (C=O) groups is 1. The van der Waals surface area contributed by atoms with Crippen molar-refractivity contribution in [1.29, 1.82) is 0 Å². The fourth-order valence-corrected chi connectivity index (χ4v) is 3.79. The third kappa shape index (κ3) is 5.11. The first kappa shape index (κ1) is 18.0. The summed E-state index contributed by atoms with van der Waals surface area (Å²) in [4.78, 5) is 15.6. The largest absolute Gasteiger partial charge is 0.378 e. The summed E-state index contributed by atoms with van der Waals surface area (Å²) in [5.74, 6) is -0.0236. The third-order valence-electron chi connectivity index (χ3n) is 4.03. The van der Waals surface area contributed by atoms with Gasteiger partial charge in [0.25, 0.3) is 0 Å². The lowest BCUT2D eigenvalue weighted by atomic mass is 10.2. The van der Waals surface area contributed by atoms with E-state index in [1.165, 1.54) is 4.88 Å². The molecule has 0 saturated carbocycles. The van der Waals surface area contributed by atoms with Crippen LogP contribution in [0.1, 0.15) is 4.88 Å². The molecule has 0 atom stereocenters. The number of para-hydroxylation sites is 1. The quantitative estimate of drug-likeness (QED) is 0.776. The maximum absolute atomic E-state index is 12.1. The number of morpholine rings is 1. The van der Waals surface area contributed by atoms with Crippen LogP contribution in [0.2, 0.25) is 5.02 Å². The number of amides is 1. The highest BCUT2D eigenvalue weighted by Gasteiger charge is 2.18. The Morgan fingerprint density at radius 3 is 2.84 bits per heavy atom. The van der Waals surface area contributed by atoms with Crippen LogP contribution >= 0.6 is 22.9 Å². The number of hydrogen-bond donors (Lipinski definition) is 2. The van der Waals surface area contributed by atoms with Crippen LogP contribution in [0.15, 0.2) is 35.7 Å². The molecule has 1 aromatic heterocycles. The number of rotatable bonds is 7. The molecule has 25 heavy (non-hydrogen) atoms. The number of benzene rings is 1. The predicted octanol–water partition coefficient (Wildman–Crippen LogP) is 3.01. The summed E-state index contributed by atoms with van der Waals surface area (Å²) >= 11 is 8.10. The SMILES string of the molecule is O=C(CNc1cccc(Cl)c1N1CCOCC1)NCCc1cccs1. The average molecular weight is 380 g/mol. The Hall–Kier alpha value is -1.76. The van der Waals surface area contributed by atoms with E-state index in [-0.39, 0.29) is 12.5 Å². The lowest BCUT2D eigenvalue weighted by Crippen LogP contribution is -2.37. The molecule has 0 aliphatic carbocycles. The van der Waals surface area contributed by atoms with Crippen molar-refractivity contribution < 1.29 is 9.53 Å². The minimum Gasteiger partial charge on any atom is -0.378 e. The molecule has 1 aliphatic heterocycles. The number of halogens is 1. The zero-order valence-electron chi connectivity index (χ0n) is 14.0. The van der Waals surface area contributed by atoms with Gasteiger partial charge >= 0.3 is 0 Å². The number of hydrogen-bond acceptors (Lipinski definition) is 5. The summed E-state index contributed by atoms with van der Waals surface area (Å²) in [7, 11) is 0. The van der Waals surface area contributed by atoms with Crippen LogP contribution in [0.3, 0.4) is 0 Å². The third-order valence-corrected chi connectivity index (χ3v) is 5.27. The highest BCUT2D eigenvalue weighted by atomic mass is 35.5. The molecule has 1 aromatic carbocycles. The van der Waals surface area contributed by atoms with Crippen molar-refractivity contribution in [2.75, 3.05) is 49.6 Å². The highest BCUT2D eigenvalue weighted by Crippen LogP contribution is 2.34. The first-order chi connectivity index (χ1) is 12.2. The topological polar surface area (TPSA) is 53.6 Å². The summed E-state index contributed by atoms with van der Waals surface area (Å²) in [5, 5.41) is 8.89. The van der Waals surface area contributed by atoms with Gasteiger partial charge in [-0.1, -0.05) is 23.7 Å². The van der Waals surface area contributed by atoms with Crippen molar-refractivity contribution in [3.63, 3.8) is 0 Å². The molecule has 7 heteroatoms. The summed E-state index contributed by atoms with van der Waals surface area (Å²) < 4.78 is 5.41. The van der Waals surface area contributed by atoms with E-state index in [9.17, 15) is 4.79 Å². The van der Waals surface area contributed by atoms with Gasteiger partial charge < -0.3 is 20.3 Å². The summed E-state index contributed by atoms with van der Waals surface area (Å²) in [5.41, 5.74) is 1.82. The van der Waals surface area contributed by atoms with E-state index in [4.69, 9.17) is 16.3 Å². The number of carbonyl (C=O) groups excluding carboxylic acids is 1. The molecule has 1 fully saturated rings. The van der Waals surface area contributed by atoms with E-state index in [1.54, 1.807) is 11.3 Å². The zero-order valence-corrected chi connectivity index (χ0v) is 15.5. The Kier molecular flexibility index (Phi) is 6.55. The second kappa shape index (κ2) is 9.08. The number of nitrogens with zero attached hydrogens (tertiary/aromatic N) is 1. The second-order valence-corrected chi connectivity index (χ2v) is 7.21. The van der Waals surface area contributed by atoms with Crippen LogP contribution in [0.5, 0.6) is 0 Å². The van der Waals surface area contributed by atoms with Crippen LogP contribution in [-0.2, 0) is 16.0 Å². The maximum Gasteiger partial charge on any atom is 0.239 e. The molecule has 2 heterocycles. The molecule has 3 rings (SSSR count). The van der Waals surface area contributed by atoms with Gasteiger partial charge in [-0.25, -0.2) is 0 Å². The molecule has 0 radical (unpaired) electrons. The first-order valence-corrected chi connectivity index (χ1v) is 9.64. The van der Waals surface area contributed by atoms with Gasteiger partial charge in [0.05, 0.1) is 36.2 Å². The Balaban J connectivity index is 1.53. The van der Waals surface area contributed by atoms with Crippen LogP contribution in [-0.4, -0.2) is 45.3 Å². The van der Waals surface area contributed by atoms with Crippen LogP contribution < -0.4 is 15.5 Å². The van der Waals surface area contributed by atoms with Gasteiger partial charge in [-0.2, -0.15) is 0 Å². The molecule has 2 N–H and O–H groups in total. The highest BCUT2D eigenvalue weighted by molar-refractivity contribution is 7.09. The van der Waals surface area contributed by atoms with Crippen molar-refractivity contribution >= 4 is 40.2 Å². The van der Waals surface area contributed by atoms with E-state index in [0.29, 0.717) is 24.8 Å². The van der Waals surface area contributed by atoms with E-state index >= 15 is 0 Å². The van der Waals surface area contributed by atoms with Gasteiger partial charge in [-0.3, -0.25) is 4.79 Å². The van der Waals surface area contributed by atoms with Gasteiger partial charge in [-0.15, -0.1) is 11.3 Å². The lowest BCUT2D eigenvalue weighted by Gasteiger charge is -2.31. The van der Waals surface area contributed by atoms with E-state index < -0.39 is 0 Å². The van der Waals surface area contributed by atoms with Crippen LogP contribution in [0.4, 0.5) is 11.4 Å². The molecule has 0 bridgehead atoms. The number of ether oxygens (including phenoxy) is 1. The number of nitrogens with one attached hydrogen (secondary N) is 2. The molecule has 1 aliphatic rings. The minimum atomic E-state index is -0.0236. The smallest absolute Gasteiger partial charge is 0.239 e. The van der Waals surface area contributed by atoms with E-state index in [2.05, 4.69) is 21.6 Å². The van der Waals surface area contributed by atoms with Gasteiger partial charge in [0, 0.05) is 24.5 Å². The maximum atomic E-state index is 12.1. The average Bonchev–Trinajstić information content (AvgIpc) is 3.14. The number of thiophene rings is 1. The molecular weight excluding hydrogens is 358 g/mol. The molecule has 134 valence electrons. The molecule has 0 unspecified atom stereocenters. The Morgan fingerprint density at radius 1 is 1.24 bits per heavy atom. The predicted molar refractivity (Wildman–Crippen MR) is 104 cm³/mol. The normalized spacial score (nSPS) is 14.4. The standard InChI is InChI=1S/C18H22ClN3O2S/c19-15-4-1-5-16(18(15)22-8-10-24-11-9-22)21-13-17(23)20-7-6-14-3-2-12-25-14/h1-5,12,21H,6-11,13H2,(H,20,23). The molecule has 1 saturated heterocycles. The van der Waals surface area contributed by atoms with Gasteiger partial charge in [0.15, 0.2) is 0 Å². The Morgan fingerprint density at radius 2 is 2.08 bits per heavy atom. The first-order valence-electron chi connectivity index (χ1n) is 8.38. The summed E-state index contributed by atoms with van der Waals surface area (Å²) in [6.07, 6.45) is 0.861. The van der Waals surface area contributed by atoms with Crippen molar-refractivity contribution in [1.82, 2.24) is 5.32 Å². The molecular formula is C18H22ClN3O2S. The van der Waals surface area contributed by atoms with Crippen molar-refractivity contribution in [3.05, 3.63) is 45.6 Å². The monoisotopic (exact) mass is 379 g/mol. The Labute approximate surface area is 156 Å². The fraction of sp³-hybridized carbons (Fsp3) is 0.389. The van der Waals surface area contributed by atoms with Gasteiger partial charge in [0.1, 0.15) is 0 Å². The number of anilines is 2. The van der Waals surface area contributed by atoms with Crippen molar-refractivity contribution in [2.24, 2.45) is 0 Å². The fourth-order valence-electron chi connectivity index (χ4n) is 2.78. The van der Waals surface area contributed by atoms with E-state index in [1.807, 2.05) is 29.6 Å². The molecule has 1 amide bonds. The van der Waals surface area contributed by atoms with Gasteiger partial charge in [-0.05, 0) is 30.0 Å². The Bertz CT molecular complexity index is 688. The summed E-state index contributed by atoms with van der Waals surface area (Å²) in [6.45, 7) is 3.84. The second-order valence-electron chi connectivity index (χ2n) is 5.77. The van der Waals surface area contributed by atoms with Crippen molar-refractivity contribution in [2.45, 2.75) is 6.42 Å². The molecule has 2 aromatic rings. The zero-order chi connectivity index (χ0) is 17.5. The van der Waals surface area contributed by atoms with Crippen LogP contribution in [0, 0.1) is 0 Å². The molecule has 5 nitrogen and oxygen atoms in total. The van der Waals surface area contributed by atoms with Gasteiger partial charge in [0.2, 0.25) is 5.91 Å². The molecule has 0 spiro atoms. The van der Waals surface area contributed by atoms with Crippen LogP contribution in [0.25, 0.3) is 0 Å². The summed E-state index contributed by atoms with van der Waals surface area (Å²) in [6, 6.07) is 9.82. The lowest BCUT2D eigenvalue weighted by molar-refractivity contribution is -0.119. The van der Waals surface area contributed by atoms with E-state index in [0.717, 1.165) is 30.9 Å².